The van der Waals surface area contributed by atoms with Crippen LogP contribution >= 0.6 is 51.1 Å². The third-order valence-electron chi connectivity index (χ3n) is 5.67. The van der Waals surface area contributed by atoms with Crippen LogP contribution in [0.3, 0.4) is 0 Å². The number of benzene rings is 2. The van der Waals surface area contributed by atoms with Crippen LogP contribution in [0.25, 0.3) is 32.9 Å². The lowest BCUT2D eigenvalue weighted by atomic mass is 9.98. The Morgan fingerprint density at radius 2 is 1.72 bits per heavy atom. The highest BCUT2D eigenvalue weighted by Gasteiger charge is 2.26. The largest absolute Gasteiger partial charge is 0.480 e. The number of pyridine rings is 1. The van der Waals surface area contributed by atoms with Gasteiger partial charge in [0.1, 0.15) is 6.54 Å². The van der Waals surface area contributed by atoms with Crippen molar-refractivity contribution in [2.24, 2.45) is 0 Å². The second-order valence-corrected chi connectivity index (χ2v) is 10.4. The molecule has 0 spiro atoms. The summed E-state index contributed by atoms with van der Waals surface area (Å²) in [5.41, 5.74) is 4.57. The molecule has 2 aromatic heterocycles. The SMILES string of the molecule is CSCc1c(-c2ccnc3cc(Cl)ccc23)c2cc(Cl)ccc2n1CC(=O)O.O=C1CCC(=O)N1Br. The molecule has 1 N–H and O–H groups in total. The molecule has 1 aliphatic rings. The Morgan fingerprint density at radius 3 is 2.33 bits per heavy atom. The molecule has 7 nitrogen and oxygen atoms in total. The average Bonchev–Trinajstić information content (AvgIpc) is 3.29. The van der Waals surface area contributed by atoms with E-state index in [1.807, 2.05) is 47.2 Å². The Labute approximate surface area is 229 Å². The number of fused-ring (bicyclic) bond motifs is 2. The van der Waals surface area contributed by atoms with Crippen LogP contribution in [-0.4, -0.2) is 42.6 Å². The molecular weight excluding hydrogens is 589 g/mol. The van der Waals surface area contributed by atoms with Gasteiger partial charge in [-0.15, -0.1) is 0 Å². The summed E-state index contributed by atoms with van der Waals surface area (Å²) in [5.74, 6) is -0.496. The maximum Gasteiger partial charge on any atom is 0.323 e. The molecule has 0 unspecified atom stereocenters. The van der Waals surface area contributed by atoms with Crippen LogP contribution in [0.5, 0.6) is 0 Å². The number of aliphatic carboxylic acids is 1. The molecule has 3 heterocycles. The third-order valence-corrected chi connectivity index (χ3v) is 7.50. The Hall–Kier alpha value is -2.59. The van der Waals surface area contributed by atoms with E-state index in [0.29, 0.717) is 28.6 Å². The number of carboxylic acids is 1. The molecule has 0 saturated carbocycles. The molecule has 36 heavy (non-hydrogen) atoms. The van der Waals surface area contributed by atoms with Gasteiger partial charge in [-0.1, -0.05) is 29.3 Å². The zero-order valence-corrected chi connectivity index (χ0v) is 22.9. The number of halogens is 3. The number of hydrogen-bond donors (Lipinski definition) is 1. The van der Waals surface area contributed by atoms with Crippen molar-refractivity contribution in [1.29, 1.82) is 0 Å². The van der Waals surface area contributed by atoms with E-state index >= 15 is 0 Å². The summed E-state index contributed by atoms with van der Waals surface area (Å²) in [4.78, 5) is 36.9. The van der Waals surface area contributed by atoms with E-state index in [1.54, 1.807) is 24.0 Å². The maximum absolute atomic E-state index is 11.6. The summed E-state index contributed by atoms with van der Waals surface area (Å²) in [6.07, 6.45) is 4.46. The van der Waals surface area contributed by atoms with Crippen LogP contribution in [0.2, 0.25) is 10.0 Å². The Bertz CT molecular complexity index is 1490. The highest BCUT2D eigenvalue weighted by atomic mass is 79.9. The van der Waals surface area contributed by atoms with Gasteiger partial charge in [0.05, 0.1) is 21.7 Å². The fraction of sp³-hybridized carbons (Fsp3) is 0.200. The average molecular weight is 609 g/mol. The van der Waals surface area contributed by atoms with E-state index in [2.05, 4.69) is 21.1 Å². The first-order chi connectivity index (χ1) is 17.2. The van der Waals surface area contributed by atoms with Gasteiger partial charge in [-0.2, -0.15) is 11.8 Å². The fourth-order valence-electron chi connectivity index (χ4n) is 4.17. The minimum Gasteiger partial charge on any atom is -0.480 e. The molecule has 0 radical (unpaired) electrons. The number of rotatable bonds is 5. The van der Waals surface area contributed by atoms with Crippen molar-refractivity contribution < 1.29 is 19.5 Å². The van der Waals surface area contributed by atoms with Gasteiger partial charge in [0, 0.05) is 62.4 Å². The number of nitrogens with zero attached hydrogens (tertiary/aromatic N) is 3. The number of aromatic nitrogens is 2. The summed E-state index contributed by atoms with van der Waals surface area (Å²) < 4.78 is 2.84. The van der Waals surface area contributed by atoms with Crippen LogP contribution in [0.4, 0.5) is 0 Å². The summed E-state index contributed by atoms with van der Waals surface area (Å²) >= 11 is 16.9. The molecule has 5 rings (SSSR count). The predicted molar refractivity (Wildman–Crippen MR) is 148 cm³/mol. The molecule has 11 heteroatoms. The number of thioether (sulfide) groups is 1. The molecule has 0 bridgehead atoms. The molecule has 0 atom stereocenters. The molecular formula is C25H20BrCl2N3O4S. The molecule has 2 aromatic carbocycles. The van der Waals surface area contributed by atoms with E-state index < -0.39 is 5.97 Å². The van der Waals surface area contributed by atoms with Gasteiger partial charge >= 0.3 is 5.97 Å². The van der Waals surface area contributed by atoms with E-state index in [4.69, 9.17) is 23.2 Å². The fourth-order valence-corrected chi connectivity index (χ4v) is 5.44. The zero-order valence-electron chi connectivity index (χ0n) is 19.0. The first kappa shape index (κ1) is 26.5. The Balaban J connectivity index is 0.000000325. The number of amides is 2. The van der Waals surface area contributed by atoms with E-state index in [-0.39, 0.29) is 18.4 Å². The first-order valence-corrected chi connectivity index (χ1v) is 13.6. The molecule has 186 valence electrons. The van der Waals surface area contributed by atoms with E-state index in [1.165, 1.54) is 0 Å². The zero-order chi connectivity index (χ0) is 26.0. The van der Waals surface area contributed by atoms with Gasteiger partial charge in [-0.25, -0.2) is 3.93 Å². The summed E-state index contributed by atoms with van der Waals surface area (Å²) in [6.45, 7) is -0.108. The number of carboxylic acid groups (broad SMARTS) is 1. The number of carbonyl (C=O) groups is 3. The Kier molecular flexibility index (Phi) is 8.24. The monoisotopic (exact) mass is 607 g/mol. The Morgan fingerprint density at radius 1 is 1.06 bits per heavy atom. The van der Waals surface area contributed by atoms with E-state index in [9.17, 15) is 19.5 Å². The van der Waals surface area contributed by atoms with Crippen molar-refractivity contribution in [1.82, 2.24) is 13.5 Å². The molecule has 1 fully saturated rings. The first-order valence-electron chi connectivity index (χ1n) is 10.8. The topological polar surface area (TPSA) is 92.5 Å². The van der Waals surface area contributed by atoms with Gasteiger partial charge in [0.25, 0.3) is 0 Å². The van der Waals surface area contributed by atoms with Crippen LogP contribution in [0.15, 0.2) is 48.7 Å². The standard InChI is InChI=1S/C21H16Cl2N2O2S.C4H4BrNO2/c1-28-11-19-21(15-6-7-24-17-9-13(23)2-4-14(15)17)16-8-12(22)3-5-18(16)25(19)10-20(26)27;5-6-3(7)1-2-4(6)8/h2-9H,10-11H2,1H3,(H,26,27);1-2H2. The quantitative estimate of drug-likeness (QED) is 0.204. The lowest BCUT2D eigenvalue weighted by Crippen LogP contribution is -2.16. The van der Waals surface area contributed by atoms with Crippen molar-refractivity contribution in [3.05, 3.63) is 64.4 Å². The highest BCUT2D eigenvalue weighted by molar-refractivity contribution is 9.08. The van der Waals surface area contributed by atoms with Crippen molar-refractivity contribution in [2.45, 2.75) is 25.1 Å². The molecule has 0 aliphatic carbocycles. The van der Waals surface area contributed by atoms with E-state index in [0.717, 1.165) is 42.6 Å². The predicted octanol–water partition coefficient (Wildman–Crippen LogP) is 6.56. The van der Waals surface area contributed by atoms with Crippen molar-refractivity contribution >= 4 is 90.7 Å². The van der Waals surface area contributed by atoms with Crippen LogP contribution in [0, 0.1) is 0 Å². The van der Waals surface area contributed by atoms with Gasteiger partial charge in [0.2, 0.25) is 11.8 Å². The smallest absolute Gasteiger partial charge is 0.323 e. The molecule has 2 amide bonds. The van der Waals surface area contributed by atoms with Gasteiger partial charge in [-0.3, -0.25) is 19.4 Å². The third kappa shape index (κ3) is 5.39. The van der Waals surface area contributed by atoms with Gasteiger partial charge in [-0.05, 0) is 48.2 Å². The van der Waals surface area contributed by atoms with Crippen molar-refractivity contribution in [2.75, 3.05) is 6.26 Å². The van der Waals surface area contributed by atoms with Crippen molar-refractivity contribution in [3.8, 4) is 11.1 Å². The normalized spacial score (nSPS) is 13.4. The minimum atomic E-state index is -0.882. The van der Waals surface area contributed by atoms with Crippen molar-refractivity contribution in [3.63, 3.8) is 0 Å². The summed E-state index contributed by atoms with van der Waals surface area (Å²) in [6, 6.07) is 13.2. The molecule has 1 aliphatic heterocycles. The minimum absolute atomic E-state index is 0.108. The molecule has 4 aromatic rings. The maximum atomic E-state index is 11.6. The summed E-state index contributed by atoms with van der Waals surface area (Å²) in [5, 5.41) is 12.6. The number of carbonyl (C=O) groups excluding carboxylic acids is 2. The highest BCUT2D eigenvalue weighted by Crippen LogP contribution is 2.40. The number of imide groups is 1. The summed E-state index contributed by atoms with van der Waals surface area (Å²) in [7, 11) is 0. The lowest BCUT2D eigenvalue weighted by molar-refractivity contribution is -0.137. The second-order valence-electron chi connectivity index (χ2n) is 7.98. The van der Waals surface area contributed by atoms with Crippen LogP contribution < -0.4 is 0 Å². The van der Waals surface area contributed by atoms with Gasteiger partial charge < -0.3 is 9.67 Å². The van der Waals surface area contributed by atoms with Crippen LogP contribution in [-0.2, 0) is 26.7 Å². The lowest BCUT2D eigenvalue weighted by Gasteiger charge is -2.11. The molecule has 1 saturated heterocycles. The van der Waals surface area contributed by atoms with Gasteiger partial charge in [0.15, 0.2) is 0 Å². The second kappa shape index (κ2) is 11.2. The van der Waals surface area contributed by atoms with Crippen LogP contribution in [0.1, 0.15) is 18.5 Å². The number of hydrogen-bond acceptors (Lipinski definition) is 5.